The Bertz CT molecular complexity index is 751. The largest absolute Gasteiger partial charge is 0.382 e. The molecule has 0 saturated carbocycles. The van der Waals surface area contributed by atoms with E-state index in [9.17, 15) is 9.59 Å². The average Bonchev–Trinajstić information content (AvgIpc) is 2.70. The zero-order valence-electron chi connectivity index (χ0n) is 15.9. The van der Waals surface area contributed by atoms with Crippen LogP contribution in [0.3, 0.4) is 0 Å². The van der Waals surface area contributed by atoms with Crippen LogP contribution in [0.5, 0.6) is 0 Å². The van der Waals surface area contributed by atoms with Gasteiger partial charge in [0.1, 0.15) is 0 Å². The molecule has 0 saturated heterocycles. The lowest BCUT2D eigenvalue weighted by molar-refractivity contribution is -0.113. The van der Waals surface area contributed by atoms with Crippen molar-refractivity contribution in [3.8, 4) is 0 Å². The van der Waals surface area contributed by atoms with Crippen molar-refractivity contribution in [2.45, 2.75) is 19.1 Å². The van der Waals surface area contributed by atoms with Gasteiger partial charge in [-0.1, -0.05) is 23.7 Å². The van der Waals surface area contributed by atoms with E-state index in [-0.39, 0.29) is 11.8 Å². The Hall–Kier alpha value is -2.02. The van der Waals surface area contributed by atoms with Gasteiger partial charge in [0.15, 0.2) is 0 Å². The number of rotatable bonds is 11. The van der Waals surface area contributed by atoms with Gasteiger partial charge >= 0.3 is 0 Å². The van der Waals surface area contributed by atoms with Crippen LogP contribution in [0, 0.1) is 0 Å². The van der Waals surface area contributed by atoms with Crippen molar-refractivity contribution in [3.05, 3.63) is 64.7 Å². The molecule has 28 heavy (non-hydrogen) atoms. The van der Waals surface area contributed by atoms with E-state index in [0.29, 0.717) is 41.9 Å². The number of hydrogen-bond acceptors (Lipinski definition) is 4. The third kappa shape index (κ3) is 8.33. The Morgan fingerprint density at radius 3 is 2.46 bits per heavy atom. The molecule has 0 aliphatic heterocycles. The second-order valence-corrected chi connectivity index (χ2v) is 7.47. The van der Waals surface area contributed by atoms with Gasteiger partial charge < -0.3 is 15.4 Å². The molecule has 0 spiro atoms. The third-order valence-corrected chi connectivity index (χ3v) is 5.06. The Morgan fingerprint density at radius 2 is 1.79 bits per heavy atom. The van der Waals surface area contributed by atoms with E-state index in [1.54, 1.807) is 24.3 Å². The van der Waals surface area contributed by atoms with Gasteiger partial charge in [0.2, 0.25) is 5.91 Å². The number of hydrogen-bond donors (Lipinski definition) is 2. The first-order valence-electron chi connectivity index (χ1n) is 9.16. The molecule has 2 amide bonds. The van der Waals surface area contributed by atoms with Crippen molar-refractivity contribution in [2.24, 2.45) is 0 Å². The summed E-state index contributed by atoms with van der Waals surface area (Å²) in [5.41, 5.74) is 2.43. The summed E-state index contributed by atoms with van der Waals surface area (Å²) < 4.78 is 5.24. The number of thioether (sulfide) groups is 1. The molecule has 0 heterocycles. The minimum Gasteiger partial charge on any atom is -0.382 e. The summed E-state index contributed by atoms with van der Waals surface area (Å²) in [4.78, 5) is 24.0. The molecule has 0 atom stereocenters. The molecule has 2 N–H and O–H groups in total. The number of amides is 2. The summed E-state index contributed by atoms with van der Waals surface area (Å²) in [5.74, 6) is 0.906. The second-order valence-electron chi connectivity index (χ2n) is 6.05. The molecule has 0 unspecified atom stereocenters. The SMILES string of the molecule is CCOCCCNC(=O)c1ccc(CSCC(=O)Nc2ccc(Cl)cc2)cc1. The lowest BCUT2D eigenvalue weighted by Gasteiger charge is -2.07. The van der Waals surface area contributed by atoms with E-state index in [2.05, 4.69) is 10.6 Å². The highest BCUT2D eigenvalue weighted by molar-refractivity contribution is 7.99. The zero-order chi connectivity index (χ0) is 20.2. The van der Waals surface area contributed by atoms with Crippen LogP contribution in [0.15, 0.2) is 48.5 Å². The molecule has 0 aliphatic rings. The molecule has 0 fully saturated rings. The maximum atomic E-state index is 12.1. The minimum absolute atomic E-state index is 0.0598. The highest BCUT2D eigenvalue weighted by atomic mass is 35.5. The molecule has 0 bridgehead atoms. The van der Waals surface area contributed by atoms with Gasteiger partial charge in [-0.2, -0.15) is 0 Å². The first kappa shape index (κ1) is 22.3. The van der Waals surface area contributed by atoms with Crippen molar-refractivity contribution in [1.29, 1.82) is 0 Å². The highest BCUT2D eigenvalue weighted by Crippen LogP contribution is 2.16. The lowest BCUT2D eigenvalue weighted by Crippen LogP contribution is -2.25. The maximum Gasteiger partial charge on any atom is 0.251 e. The van der Waals surface area contributed by atoms with Gasteiger partial charge in [-0.15, -0.1) is 11.8 Å². The van der Waals surface area contributed by atoms with Gasteiger partial charge in [-0.3, -0.25) is 9.59 Å². The predicted molar refractivity (Wildman–Crippen MR) is 116 cm³/mol. The number of benzene rings is 2. The van der Waals surface area contributed by atoms with E-state index in [1.807, 2.05) is 31.2 Å². The molecule has 0 aromatic heterocycles. The number of halogens is 1. The summed E-state index contributed by atoms with van der Waals surface area (Å²) in [7, 11) is 0. The topological polar surface area (TPSA) is 67.4 Å². The molecule has 7 heteroatoms. The number of nitrogens with one attached hydrogen (secondary N) is 2. The van der Waals surface area contributed by atoms with Crippen LogP contribution in [-0.4, -0.2) is 37.3 Å². The smallest absolute Gasteiger partial charge is 0.251 e. The van der Waals surface area contributed by atoms with Crippen molar-refractivity contribution >= 4 is 40.9 Å². The first-order chi connectivity index (χ1) is 13.6. The van der Waals surface area contributed by atoms with E-state index in [1.165, 1.54) is 11.8 Å². The van der Waals surface area contributed by atoms with E-state index < -0.39 is 0 Å². The van der Waals surface area contributed by atoms with Gasteiger partial charge in [0.05, 0.1) is 5.75 Å². The molecule has 150 valence electrons. The number of anilines is 1. The van der Waals surface area contributed by atoms with Crippen molar-refractivity contribution < 1.29 is 14.3 Å². The van der Waals surface area contributed by atoms with Crippen LogP contribution in [0.4, 0.5) is 5.69 Å². The summed E-state index contributed by atoms with van der Waals surface area (Å²) in [5, 5.41) is 6.34. The zero-order valence-corrected chi connectivity index (χ0v) is 17.4. The first-order valence-corrected chi connectivity index (χ1v) is 10.7. The Labute approximate surface area is 175 Å². The van der Waals surface area contributed by atoms with Crippen molar-refractivity contribution in [1.82, 2.24) is 5.32 Å². The van der Waals surface area contributed by atoms with E-state index in [4.69, 9.17) is 16.3 Å². The van der Waals surface area contributed by atoms with E-state index in [0.717, 1.165) is 17.7 Å². The summed E-state index contributed by atoms with van der Waals surface area (Å²) in [6, 6.07) is 14.5. The number of carbonyl (C=O) groups is 2. The minimum atomic E-state index is -0.0851. The van der Waals surface area contributed by atoms with E-state index >= 15 is 0 Å². The Kier molecular flexibility index (Phi) is 9.90. The average molecular weight is 421 g/mol. The Balaban J connectivity index is 1.68. The number of carbonyl (C=O) groups excluding carboxylic acids is 2. The summed E-state index contributed by atoms with van der Waals surface area (Å²) in [6.07, 6.45) is 0.798. The monoisotopic (exact) mass is 420 g/mol. The summed E-state index contributed by atoms with van der Waals surface area (Å²) in [6.45, 7) is 3.89. The van der Waals surface area contributed by atoms with Crippen LogP contribution < -0.4 is 10.6 Å². The molecular formula is C21H25ClN2O3S. The van der Waals surface area contributed by atoms with Crippen LogP contribution in [0.2, 0.25) is 5.02 Å². The third-order valence-electron chi connectivity index (χ3n) is 3.80. The summed E-state index contributed by atoms with van der Waals surface area (Å²) >= 11 is 7.35. The fourth-order valence-electron chi connectivity index (χ4n) is 2.37. The van der Waals surface area contributed by atoms with Gasteiger partial charge in [-0.25, -0.2) is 0 Å². The fraction of sp³-hybridized carbons (Fsp3) is 0.333. The molecule has 5 nitrogen and oxygen atoms in total. The second kappa shape index (κ2) is 12.4. The van der Waals surface area contributed by atoms with Crippen molar-refractivity contribution in [2.75, 3.05) is 30.8 Å². The maximum absolute atomic E-state index is 12.1. The van der Waals surface area contributed by atoms with Gasteiger partial charge in [0.25, 0.3) is 5.91 Å². The number of ether oxygens (including phenoxy) is 1. The molecule has 2 aromatic rings. The molecule has 0 aliphatic carbocycles. The molecular weight excluding hydrogens is 396 g/mol. The highest BCUT2D eigenvalue weighted by Gasteiger charge is 2.06. The quantitative estimate of drug-likeness (QED) is 0.530. The molecule has 2 aromatic carbocycles. The van der Waals surface area contributed by atoms with Gasteiger partial charge in [0, 0.05) is 41.8 Å². The van der Waals surface area contributed by atoms with Crippen LogP contribution >= 0.6 is 23.4 Å². The van der Waals surface area contributed by atoms with Gasteiger partial charge in [-0.05, 0) is 55.3 Å². The standard InChI is InChI=1S/C21H25ClN2O3S/c1-2-27-13-3-12-23-21(26)17-6-4-16(5-7-17)14-28-15-20(25)24-19-10-8-18(22)9-11-19/h4-11H,2-3,12-15H2,1H3,(H,23,26)(H,24,25). The van der Waals surface area contributed by atoms with Crippen LogP contribution in [0.1, 0.15) is 29.3 Å². The van der Waals surface area contributed by atoms with Crippen LogP contribution in [0.25, 0.3) is 0 Å². The lowest BCUT2D eigenvalue weighted by atomic mass is 10.1. The predicted octanol–water partition coefficient (Wildman–Crippen LogP) is 4.37. The van der Waals surface area contributed by atoms with Crippen molar-refractivity contribution in [3.63, 3.8) is 0 Å². The molecule has 0 radical (unpaired) electrons. The molecule has 2 rings (SSSR count). The van der Waals surface area contributed by atoms with Crippen LogP contribution in [-0.2, 0) is 15.3 Å². The Morgan fingerprint density at radius 1 is 1.07 bits per heavy atom. The normalized spacial score (nSPS) is 10.5. The fourth-order valence-corrected chi connectivity index (χ4v) is 3.28.